The van der Waals surface area contributed by atoms with E-state index in [2.05, 4.69) is 25.7 Å². The quantitative estimate of drug-likeness (QED) is 0.897. The normalized spacial score (nSPS) is 21.3. The van der Waals surface area contributed by atoms with E-state index in [-0.39, 0.29) is 18.2 Å². The number of nitrogens with zero attached hydrogens (tertiary/aromatic N) is 3. The SMILES string of the molecule is O=C(Cc1noc(C2CCCc3[nH]ncc32)n1)NC1CCCC1. The zero-order valence-electron chi connectivity index (χ0n) is 13.0. The van der Waals surface area contributed by atoms with Gasteiger partial charge in [-0.25, -0.2) is 0 Å². The second-order valence-electron chi connectivity index (χ2n) is 6.52. The van der Waals surface area contributed by atoms with Crippen molar-refractivity contribution in [2.24, 2.45) is 0 Å². The minimum Gasteiger partial charge on any atom is -0.353 e. The molecule has 1 unspecified atom stereocenters. The van der Waals surface area contributed by atoms with Crippen LogP contribution in [-0.4, -0.2) is 32.3 Å². The van der Waals surface area contributed by atoms with Crippen molar-refractivity contribution < 1.29 is 9.32 Å². The Morgan fingerprint density at radius 3 is 3.04 bits per heavy atom. The Bertz CT molecular complexity index is 686. The number of rotatable bonds is 4. The molecule has 2 aliphatic carbocycles. The molecule has 1 amide bonds. The van der Waals surface area contributed by atoms with Crippen LogP contribution in [0.5, 0.6) is 0 Å². The maximum absolute atomic E-state index is 12.1. The number of hydrogen-bond donors (Lipinski definition) is 2. The van der Waals surface area contributed by atoms with Gasteiger partial charge in [-0.3, -0.25) is 9.89 Å². The Kier molecular flexibility index (Phi) is 3.85. The Balaban J connectivity index is 1.42. The molecule has 7 heteroatoms. The molecule has 0 spiro atoms. The van der Waals surface area contributed by atoms with Gasteiger partial charge < -0.3 is 9.84 Å². The number of fused-ring (bicyclic) bond motifs is 1. The first-order valence-corrected chi connectivity index (χ1v) is 8.43. The van der Waals surface area contributed by atoms with Crippen molar-refractivity contribution >= 4 is 5.91 Å². The summed E-state index contributed by atoms with van der Waals surface area (Å²) in [5.41, 5.74) is 2.29. The highest BCUT2D eigenvalue weighted by Gasteiger charge is 2.28. The summed E-state index contributed by atoms with van der Waals surface area (Å²) < 4.78 is 5.42. The van der Waals surface area contributed by atoms with E-state index in [1.165, 1.54) is 12.8 Å². The lowest BCUT2D eigenvalue weighted by atomic mass is 9.87. The molecule has 2 aromatic heterocycles. The number of hydrogen-bond acceptors (Lipinski definition) is 5. The van der Waals surface area contributed by atoms with Crippen LogP contribution in [0.3, 0.4) is 0 Å². The van der Waals surface area contributed by atoms with Crippen molar-refractivity contribution in [3.8, 4) is 0 Å². The number of carbonyl (C=O) groups excluding carboxylic acids is 1. The Hall–Kier alpha value is -2.18. The third-order valence-electron chi connectivity index (χ3n) is 4.87. The van der Waals surface area contributed by atoms with Crippen molar-refractivity contribution in [1.82, 2.24) is 25.7 Å². The van der Waals surface area contributed by atoms with Gasteiger partial charge in [0.15, 0.2) is 5.82 Å². The number of amides is 1. The summed E-state index contributed by atoms with van der Waals surface area (Å²) in [6, 6.07) is 0.320. The molecule has 2 heterocycles. The molecule has 2 aliphatic rings. The molecule has 7 nitrogen and oxygen atoms in total. The van der Waals surface area contributed by atoms with E-state index in [4.69, 9.17) is 4.52 Å². The largest absolute Gasteiger partial charge is 0.353 e. The van der Waals surface area contributed by atoms with Crippen molar-refractivity contribution in [2.75, 3.05) is 0 Å². The van der Waals surface area contributed by atoms with E-state index >= 15 is 0 Å². The van der Waals surface area contributed by atoms with Crippen LogP contribution < -0.4 is 5.32 Å². The van der Waals surface area contributed by atoms with Gasteiger partial charge in [0.05, 0.1) is 18.5 Å². The Morgan fingerprint density at radius 2 is 2.17 bits per heavy atom. The molecule has 0 aliphatic heterocycles. The molecule has 0 saturated heterocycles. The molecule has 23 heavy (non-hydrogen) atoms. The molecule has 1 fully saturated rings. The fraction of sp³-hybridized carbons (Fsp3) is 0.625. The number of H-pyrrole nitrogens is 1. The first-order valence-electron chi connectivity index (χ1n) is 8.43. The molecule has 122 valence electrons. The van der Waals surface area contributed by atoms with Crippen molar-refractivity contribution in [1.29, 1.82) is 0 Å². The molecule has 0 bridgehead atoms. The third kappa shape index (κ3) is 3.00. The molecular formula is C16H21N5O2. The Labute approximate surface area is 134 Å². The lowest BCUT2D eigenvalue weighted by molar-refractivity contribution is -0.121. The molecule has 0 radical (unpaired) electrons. The van der Waals surface area contributed by atoms with Crippen LogP contribution in [-0.2, 0) is 17.6 Å². The highest BCUT2D eigenvalue weighted by Crippen LogP contribution is 2.34. The van der Waals surface area contributed by atoms with Gasteiger partial charge in [-0.05, 0) is 32.1 Å². The van der Waals surface area contributed by atoms with E-state index in [0.717, 1.165) is 43.4 Å². The number of carbonyl (C=O) groups is 1. The first kappa shape index (κ1) is 14.4. The van der Waals surface area contributed by atoms with Crippen LogP contribution in [0.25, 0.3) is 0 Å². The van der Waals surface area contributed by atoms with Gasteiger partial charge in [-0.15, -0.1) is 0 Å². The van der Waals surface area contributed by atoms with E-state index in [9.17, 15) is 4.79 Å². The van der Waals surface area contributed by atoms with Gasteiger partial charge in [-0.2, -0.15) is 10.1 Å². The zero-order valence-corrected chi connectivity index (χ0v) is 13.0. The summed E-state index contributed by atoms with van der Waals surface area (Å²) in [5, 5.41) is 14.2. The predicted molar refractivity (Wildman–Crippen MR) is 81.8 cm³/mol. The number of aryl methyl sites for hydroxylation is 1. The third-order valence-corrected chi connectivity index (χ3v) is 4.87. The Morgan fingerprint density at radius 1 is 1.30 bits per heavy atom. The molecule has 0 aromatic carbocycles. The summed E-state index contributed by atoms with van der Waals surface area (Å²) in [5.74, 6) is 1.13. The summed E-state index contributed by atoms with van der Waals surface area (Å²) in [7, 11) is 0. The number of aromatic nitrogens is 4. The second kappa shape index (κ2) is 6.14. The van der Waals surface area contributed by atoms with Crippen LogP contribution in [0.1, 0.15) is 67.4 Å². The van der Waals surface area contributed by atoms with Crippen LogP contribution in [0, 0.1) is 0 Å². The van der Waals surface area contributed by atoms with Gasteiger partial charge in [0.2, 0.25) is 11.8 Å². The average Bonchev–Trinajstić information content (AvgIpc) is 3.27. The van der Waals surface area contributed by atoms with Gasteiger partial charge >= 0.3 is 0 Å². The molecular weight excluding hydrogens is 294 g/mol. The molecule has 1 saturated carbocycles. The molecule has 2 aromatic rings. The number of aromatic amines is 1. The second-order valence-corrected chi connectivity index (χ2v) is 6.52. The van der Waals surface area contributed by atoms with Crippen molar-refractivity contribution in [2.45, 2.75) is 63.3 Å². The summed E-state index contributed by atoms with van der Waals surface area (Å²) >= 11 is 0. The minimum atomic E-state index is -0.0168. The van der Waals surface area contributed by atoms with Crippen LogP contribution >= 0.6 is 0 Å². The molecule has 1 atom stereocenters. The van der Waals surface area contributed by atoms with Crippen LogP contribution in [0.4, 0.5) is 0 Å². The highest BCUT2D eigenvalue weighted by atomic mass is 16.5. The lowest BCUT2D eigenvalue weighted by Gasteiger charge is -2.17. The smallest absolute Gasteiger partial charge is 0.234 e. The lowest BCUT2D eigenvalue weighted by Crippen LogP contribution is -2.33. The predicted octanol–water partition coefficient (Wildman–Crippen LogP) is 1.86. The van der Waals surface area contributed by atoms with Crippen molar-refractivity contribution in [3.63, 3.8) is 0 Å². The summed E-state index contributed by atoms with van der Waals surface area (Å²) in [4.78, 5) is 16.5. The van der Waals surface area contributed by atoms with E-state index in [1.807, 2.05) is 6.20 Å². The van der Waals surface area contributed by atoms with Gasteiger partial charge in [0.1, 0.15) is 0 Å². The summed E-state index contributed by atoms with van der Waals surface area (Å²) in [6.45, 7) is 0. The fourth-order valence-electron chi connectivity index (χ4n) is 3.69. The van der Waals surface area contributed by atoms with Crippen molar-refractivity contribution in [3.05, 3.63) is 29.2 Å². The minimum absolute atomic E-state index is 0.0168. The zero-order chi connectivity index (χ0) is 15.6. The van der Waals surface area contributed by atoms with Gasteiger partial charge in [0.25, 0.3) is 0 Å². The van der Waals surface area contributed by atoms with Gasteiger partial charge in [0, 0.05) is 17.3 Å². The average molecular weight is 315 g/mol. The standard InChI is InChI=1S/C16H21N5O2/c22-15(18-10-4-1-2-5-10)8-14-19-16(23-21-14)11-6-3-7-13-12(11)9-17-20-13/h9-11H,1-8H2,(H,17,20)(H,18,22). The van der Waals surface area contributed by atoms with Gasteiger partial charge in [-0.1, -0.05) is 18.0 Å². The molecule has 2 N–H and O–H groups in total. The maximum Gasteiger partial charge on any atom is 0.234 e. The highest BCUT2D eigenvalue weighted by molar-refractivity contribution is 5.78. The topological polar surface area (TPSA) is 96.7 Å². The number of nitrogens with one attached hydrogen (secondary N) is 2. The monoisotopic (exact) mass is 315 g/mol. The van der Waals surface area contributed by atoms with Crippen LogP contribution in [0.15, 0.2) is 10.7 Å². The first-order chi connectivity index (χ1) is 11.3. The van der Waals surface area contributed by atoms with E-state index < -0.39 is 0 Å². The molecule has 4 rings (SSSR count). The summed E-state index contributed by atoms with van der Waals surface area (Å²) in [6.07, 6.45) is 9.64. The van der Waals surface area contributed by atoms with E-state index in [1.54, 1.807) is 0 Å². The fourth-order valence-corrected chi connectivity index (χ4v) is 3.69. The maximum atomic E-state index is 12.1. The van der Waals surface area contributed by atoms with Crippen LogP contribution in [0.2, 0.25) is 0 Å². The van der Waals surface area contributed by atoms with E-state index in [0.29, 0.717) is 17.8 Å².